The molecule has 112 valence electrons. The van der Waals surface area contributed by atoms with E-state index in [0.717, 1.165) is 19.1 Å². The van der Waals surface area contributed by atoms with Gasteiger partial charge in [0.1, 0.15) is 0 Å². The molecule has 0 aromatic carbocycles. The molecule has 0 aromatic heterocycles. The minimum Gasteiger partial charge on any atom is -0.350 e. The zero-order valence-electron chi connectivity index (χ0n) is 13.4. The Hall–Kier alpha value is -0.0800. The lowest BCUT2D eigenvalue weighted by atomic mass is 9.72. The van der Waals surface area contributed by atoms with Crippen molar-refractivity contribution in [1.29, 1.82) is 0 Å². The molecule has 0 bridgehead atoms. The molecular formula is C17H32O2. The van der Waals surface area contributed by atoms with Crippen LogP contribution in [0.15, 0.2) is 0 Å². The summed E-state index contributed by atoms with van der Waals surface area (Å²) in [5.41, 5.74) is 0. The zero-order chi connectivity index (χ0) is 14.0. The largest absolute Gasteiger partial charge is 0.350 e. The summed E-state index contributed by atoms with van der Waals surface area (Å²) in [4.78, 5) is 0. The van der Waals surface area contributed by atoms with E-state index in [4.69, 9.17) is 9.47 Å². The van der Waals surface area contributed by atoms with Gasteiger partial charge in [-0.2, -0.15) is 0 Å². The fourth-order valence-corrected chi connectivity index (χ4v) is 3.96. The fraction of sp³-hybridized carbons (Fsp3) is 1.00. The molecule has 2 heteroatoms. The van der Waals surface area contributed by atoms with Gasteiger partial charge in [-0.25, -0.2) is 0 Å². The van der Waals surface area contributed by atoms with E-state index >= 15 is 0 Å². The second-order valence-corrected chi connectivity index (χ2v) is 7.29. The van der Waals surface area contributed by atoms with E-state index in [1.54, 1.807) is 0 Å². The first kappa shape index (κ1) is 15.3. The summed E-state index contributed by atoms with van der Waals surface area (Å²) in [5.74, 6) is 3.11. The minimum absolute atomic E-state index is 0.330. The SMILES string of the molecule is CCC(C)C1COC(C)(C2CCC(C)CC2C)OC1. The molecule has 2 rings (SSSR count). The maximum Gasteiger partial charge on any atom is 0.168 e. The van der Waals surface area contributed by atoms with E-state index < -0.39 is 0 Å². The van der Waals surface area contributed by atoms with E-state index in [-0.39, 0.29) is 5.79 Å². The van der Waals surface area contributed by atoms with Crippen LogP contribution in [0.4, 0.5) is 0 Å². The van der Waals surface area contributed by atoms with Crippen LogP contribution in [-0.2, 0) is 9.47 Å². The standard InChI is InChI=1S/C17H32O2/c1-6-13(3)15-10-18-17(5,19-11-15)16-8-7-12(2)9-14(16)4/h12-16H,6-11H2,1-5H3. The smallest absolute Gasteiger partial charge is 0.168 e. The highest BCUT2D eigenvalue weighted by Gasteiger charge is 2.45. The Morgan fingerprint density at radius 2 is 1.79 bits per heavy atom. The van der Waals surface area contributed by atoms with Crippen LogP contribution in [0, 0.1) is 29.6 Å². The summed E-state index contributed by atoms with van der Waals surface area (Å²) in [6, 6.07) is 0. The third kappa shape index (κ3) is 3.33. The van der Waals surface area contributed by atoms with E-state index in [0.29, 0.717) is 23.7 Å². The van der Waals surface area contributed by atoms with Crippen LogP contribution in [0.3, 0.4) is 0 Å². The molecule has 0 amide bonds. The molecule has 2 nitrogen and oxygen atoms in total. The van der Waals surface area contributed by atoms with Gasteiger partial charge < -0.3 is 9.47 Å². The van der Waals surface area contributed by atoms with Crippen LogP contribution >= 0.6 is 0 Å². The zero-order valence-corrected chi connectivity index (χ0v) is 13.4. The Labute approximate surface area is 119 Å². The number of ether oxygens (including phenoxy) is 2. The molecule has 0 radical (unpaired) electrons. The average molecular weight is 268 g/mol. The second-order valence-electron chi connectivity index (χ2n) is 7.29. The van der Waals surface area contributed by atoms with Crippen LogP contribution in [0.25, 0.3) is 0 Å². The van der Waals surface area contributed by atoms with Crippen molar-refractivity contribution in [3.05, 3.63) is 0 Å². The molecule has 0 N–H and O–H groups in total. The van der Waals surface area contributed by atoms with E-state index in [2.05, 4.69) is 34.6 Å². The minimum atomic E-state index is -0.330. The summed E-state index contributed by atoms with van der Waals surface area (Å²) < 4.78 is 12.4. The lowest BCUT2D eigenvalue weighted by molar-refractivity contribution is -0.312. The maximum absolute atomic E-state index is 6.22. The molecule has 1 saturated carbocycles. The van der Waals surface area contributed by atoms with Crippen molar-refractivity contribution in [1.82, 2.24) is 0 Å². The topological polar surface area (TPSA) is 18.5 Å². The summed E-state index contributed by atoms with van der Waals surface area (Å²) in [6.07, 6.45) is 5.12. The Morgan fingerprint density at radius 3 is 2.32 bits per heavy atom. The fourth-order valence-electron chi connectivity index (χ4n) is 3.96. The molecule has 0 aromatic rings. The summed E-state index contributed by atoms with van der Waals surface area (Å²) >= 11 is 0. The van der Waals surface area contributed by atoms with Crippen LogP contribution in [0.2, 0.25) is 0 Å². The van der Waals surface area contributed by atoms with E-state index in [9.17, 15) is 0 Å². The first-order valence-electron chi connectivity index (χ1n) is 8.24. The van der Waals surface area contributed by atoms with Gasteiger partial charge in [0.2, 0.25) is 0 Å². The van der Waals surface area contributed by atoms with Gasteiger partial charge in [0.25, 0.3) is 0 Å². The van der Waals surface area contributed by atoms with Crippen molar-refractivity contribution in [3.8, 4) is 0 Å². The lowest BCUT2D eigenvalue weighted by Crippen LogP contribution is -2.51. The predicted octanol–water partition coefficient (Wildman–Crippen LogP) is 4.48. The van der Waals surface area contributed by atoms with Crippen molar-refractivity contribution in [3.63, 3.8) is 0 Å². The molecular weight excluding hydrogens is 236 g/mol. The molecule has 1 aliphatic carbocycles. The Bertz CT molecular complexity index is 281. The molecule has 1 aliphatic heterocycles. The van der Waals surface area contributed by atoms with Gasteiger partial charge in [0, 0.05) is 11.8 Å². The summed E-state index contributed by atoms with van der Waals surface area (Å²) in [7, 11) is 0. The van der Waals surface area contributed by atoms with Crippen molar-refractivity contribution in [2.45, 2.75) is 66.1 Å². The third-order valence-electron chi connectivity index (χ3n) is 5.72. The normalized spacial score (nSPS) is 45.9. The van der Waals surface area contributed by atoms with Crippen LogP contribution in [0.5, 0.6) is 0 Å². The molecule has 4 unspecified atom stereocenters. The van der Waals surface area contributed by atoms with E-state index in [1.165, 1.54) is 25.7 Å². The van der Waals surface area contributed by atoms with Crippen molar-refractivity contribution in [2.24, 2.45) is 29.6 Å². The van der Waals surface area contributed by atoms with Gasteiger partial charge in [-0.3, -0.25) is 0 Å². The Balaban J connectivity index is 1.94. The lowest BCUT2D eigenvalue weighted by Gasteiger charge is -2.48. The van der Waals surface area contributed by atoms with Gasteiger partial charge in [0.05, 0.1) is 13.2 Å². The van der Waals surface area contributed by atoms with Gasteiger partial charge in [0.15, 0.2) is 5.79 Å². The summed E-state index contributed by atoms with van der Waals surface area (Å²) in [6.45, 7) is 13.2. The third-order valence-corrected chi connectivity index (χ3v) is 5.72. The first-order chi connectivity index (χ1) is 8.96. The highest BCUT2D eigenvalue weighted by Crippen LogP contribution is 2.43. The van der Waals surface area contributed by atoms with Crippen LogP contribution < -0.4 is 0 Å². The number of hydrogen-bond acceptors (Lipinski definition) is 2. The quantitative estimate of drug-likeness (QED) is 0.751. The van der Waals surface area contributed by atoms with Gasteiger partial charge >= 0.3 is 0 Å². The molecule has 1 heterocycles. The van der Waals surface area contributed by atoms with Crippen molar-refractivity contribution >= 4 is 0 Å². The first-order valence-corrected chi connectivity index (χ1v) is 8.24. The summed E-state index contributed by atoms with van der Waals surface area (Å²) in [5, 5.41) is 0. The monoisotopic (exact) mass is 268 g/mol. The van der Waals surface area contributed by atoms with Gasteiger partial charge in [-0.1, -0.05) is 40.5 Å². The van der Waals surface area contributed by atoms with Crippen LogP contribution in [0.1, 0.15) is 60.3 Å². The molecule has 0 spiro atoms. The van der Waals surface area contributed by atoms with Crippen LogP contribution in [-0.4, -0.2) is 19.0 Å². The molecule has 2 aliphatic rings. The second kappa shape index (κ2) is 6.13. The number of rotatable bonds is 3. The predicted molar refractivity (Wildman–Crippen MR) is 78.9 cm³/mol. The Morgan fingerprint density at radius 1 is 1.16 bits per heavy atom. The molecule has 19 heavy (non-hydrogen) atoms. The van der Waals surface area contributed by atoms with Crippen molar-refractivity contribution < 1.29 is 9.47 Å². The highest BCUT2D eigenvalue weighted by atomic mass is 16.7. The molecule has 1 saturated heterocycles. The van der Waals surface area contributed by atoms with E-state index in [1.807, 2.05) is 0 Å². The average Bonchev–Trinajstić information content (AvgIpc) is 2.38. The molecule has 4 atom stereocenters. The highest BCUT2D eigenvalue weighted by molar-refractivity contribution is 4.87. The maximum atomic E-state index is 6.22. The number of hydrogen-bond donors (Lipinski definition) is 0. The Kier molecular flexibility index (Phi) is 4.94. The van der Waals surface area contributed by atoms with Crippen molar-refractivity contribution in [2.75, 3.05) is 13.2 Å². The molecule has 2 fully saturated rings. The van der Waals surface area contributed by atoms with Gasteiger partial charge in [-0.15, -0.1) is 0 Å². The van der Waals surface area contributed by atoms with Gasteiger partial charge in [-0.05, 0) is 37.5 Å².